The number of amides is 2. The van der Waals surface area contributed by atoms with Crippen molar-refractivity contribution in [1.82, 2.24) is 16.0 Å². The largest absolute Gasteiger partial charge is 0.508 e. The molecule has 0 saturated heterocycles. The number of esters is 1. The summed E-state index contributed by atoms with van der Waals surface area (Å²) in [4.78, 5) is 41.6. The Balaban J connectivity index is 1.70. The lowest BCUT2D eigenvalue weighted by Crippen LogP contribution is -2.42. The highest BCUT2D eigenvalue weighted by molar-refractivity contribution is 6.00. The normalized spacial score (nSPS) is 15.8. The van der Waals surface area contributed by atoms with Crippen molar-refractivity contribution in [3.8, 4) is 5.75 Å². The van der Waals surface area contributed by atoms with Gasteiger partial charge < -0.3 is 36.2 Å². The number of aliphatic hydroxyl groups excluding tert-OH is 1. The lowest BCUT2D eigenvalue weighted by atomic mass is 9.98. The molecule has 0 saturated carbocycles. The van der Waals surface area contributed by atoms with Crippen LogP contribution in [0.15, 0.2) is 41.4 Å². The van der Waals surface area contributed by atoms with Crippen LogP contribution < -0.4 is 21.3 Å². The minimum atomic E-state index is -4.64. The van der Waals surface area contributed by atoms with Crippen LogP contribution in [-0.4, -0.2) is 66.3 Å². The zero-order chi connectivity index (χ0) is 29.4. The summed E-state index contributed by atoms with van der Waals surface area (Å²) in [5.74, 6) is -2.13. The molecule has 0 aliphatic carbocycles. The Morgan fingerprint density at radius 3 is 2.58 bits per heavy atom. The van der Waals surface area contributed by atoms with E-state index in [4.69, 9.17) is 4.74 Å². The van der Waals surface area contributed by atoms with Gasteiger partial charge in [-0.3, -0.25) is 19.4 Å². The van der Waals surface area contributed by atoms with E-state index >= 15 is 0 Å². The molecule has 1 heterocycles. The molecule has 11 nitrogen and oxygen atoms in total. The number of aryl methyl sites for hydroxylation is 1. The first kappa shape index (κ1) is 30.2. The maximum Gasteiger partial charge on any atom is 0.416 e. The molecule has 2 aromatic rings. The van der Waals surface area contributed by atoms with Gasteiger partial charge >= 0.3 is 12.1 Å². The second-order valence-electron chi connectivity index (χ2n) is 9.06. The highest BCUT2D eigenvalue weighted by Crippen LogP contribution is 2.32. The number of halogens is 3. The number of hydrogen-bond acceptors (Lipinski definition) is 9. The fraction of sp³-hybridized carbons (Fsp3) is 0.385. The lowest BCUT2D eigenvalue weighted by molar-refractivity contribution is -0.143. The predicted octanol–water partition coefficient (Wildman–Crippen LogP) is 1.99. The summed E-state index contributed by atoms with van der Waals surface area (Å²) in [6.45, 7) is 2.95. The first-order valence-electron chi connectivity index (χ1n) is 12.3. The Labute approximate surface area is 227 Å². The lowest BCUT2D eigenvalue weighted by Gasteiger charge is -2.21. The van der Waals surface area contributed by atoms with E-state index in [-0.39, 0.29) is 42.1 Å². The molecule has 0 fully saturated rings. The number of aliphatic imine (C=N–C) groups is 1. The Bertz CT molecular complexity index is 1280. The zero-order valence-electron chi connectivity index (χ0n) is 21.8. The van der Waals surface area contributed by atoms with E-state index in [0.717, 1.165) is 12.1 Å². The molecule has 216 valence electrons. The highest BCUT2D eigenvalue weighted by Gasteiger charge is 2.32. The second-order valence-corrected chi connectivity index (χ2v) is 9.06. The van der Waals surface area contributed by atoms with Gasteiger partial charge in [-0.1, -0.05) is 11.6 Å². The van der Waals surface area contributed by atoms with Crippen LogP contribution in [-0.2, 0) is 20.5 Å². The number of guanidine groups is 1. The molecule has 40 heavy (non-hydrogen) atoms. The summed E-state index contributed by atoms with van der Waals surface area (Å²) < 4.78 is 45.0. The zero-order valence-corrected chi connectivity index (χ0v) is 21.8. The van der Waals surface area contributed by atoms with Crippen LogP contribution >= 0.6 is 0 Å². The minimum Gasteiger partial charge on any atom is -0.508 e. The number of benzene rings is 2. The number of alkyl halides is 3. The molecule has 0 aromatic heterocycles. The van der Waals surface area contributed by atoms with Crippen molar-refractivity contribution in [3.63, 3.8) is 0 Å². The summed E-state index contributed by atoms with van der Waals surface area (Å²) in [5, 5.41) is 30.2. The summed E-state index contributed by atoms with van der Waals surface area (Å²) in [6.07, 6.45) is -5.69. The van der Waals surface area contributed by atoms with Crippen molar-refractivity contribution in [2.45, 2.75) is 38.6 Å². The predicted molar refractivity (Wildman–Crippen MR) is 139 cm³/mol. The van der Waals surface area contributed by atoms with Gasteiger partial charge in [0.1, 0.15) is 5.75 Å². The molecular formula is C26H30F3N5O6. The smallest absolute Gasteiger partial charge is 0.416 e. The fourth-order valence-corrected chi connectivity index (χ4v) is 3.89. The van der Waals surface area contributed by atoms with Gasteiger partial charge in [-0.05, 0) is 43.7 Å². The maximum atomic E-state index is 13.4. The molecule has 0 spiro atoms. The number of hydrogen-bond donors (Lipinski definition) is 6. The van der Waals surface area contributed by atoms with E-state index in [1.807, 2.05) is 0 Å². The number of anilines is 1. The number of nitrogens with one attached hydrogen (secondary N) is 4. The molecular weight excluding hydrogens is 535 g/mol. The standard InChI is InChI=1S/C26H30F3N5O6/c1-3-40-23(38)10-21(15-4-14(2)5-17(6-15)26(27,28)29)34-22(37)13-30-24(39)16-7-18(9-19(35)8-16)33-25-31-11-20(36)12-32-25/h4-9,20-21,35-36H,3,10-13H2,1-2H3,(H,30,39)(H,34,37)(H2,31,32,33)/t21-/m0/s1. The number of phenolic OH excluding ortho intramolecular Hbond substituents is 1. The van der Waals surface area contributed by atoms with Gasteiger partial charge in [0.25, 0.3) is 5.91 Å². The maximum absolute atomic E-state index is 13.4. The first-order valence-corrected chi connectivity index (χ1v) is 12.3. The van der Waals surface area contributed by atoms with Crippen molar-refractivity contribution in [2.75, 3.05) is 31.6 Å². The Kier molecular flexibility index (Phi) is 9.93. The fourth-order valence-electron chi connectivity index (χ4n) is 3.89. The number of phenols is 1. The molecule has 0 radical (unpaired) electrons. The van der Waals surface area contributed by atoms with Crippen LogP contribution in [0.25, 0.3) is 0 Å². The molecule has 2 aromatic carbocycles. The minimum absolute atomic E-state index is 0.00307. The van der Waals surface area contributed by atoms with E-state index in [2.05, 4.69) is 26.3 Å². The number of aliphatic hydroxyl groups is 1. The van der Waals surface area contributed by atoms with Crippen LogP contribution in [0.4, 0.5) is 18.9 Å². The van der Waals surface area contributed by atoms with Crippen molar-refractivity contribution in [2.24, 2.45) is 4.99 Å². The van der Waals surface area contributed by atoms with E-state index in [9.17, 15) is 37.8 Å². The van der Waals surface area contributed by atoms with Crippen LogP contribution in [0.2, 0.25) is 0 Å². The number of aromatic hydroxyl groups is 1. The Morgan fingerprint density at radius 2 is 1.93 bits per heavy atom. The second kappa shape index (κ2) is 13.2. The summed E-state index contributed by atoms with van der Waals surface area (Å²) in [5.41, 5.74) is -0.289. The molecule has 1 unspecified atom stereocenters. The van der Waals surface area contributed by atoms with Gasteiger partial charge in [0.2, 0.25) is 5.91 Å². The van der Waals surface area contributed by atoms with Crippen molar-refractivity contribution < 1.29 is 42.5 Å². The number of nitrogens with zero attached hydrogens (tertiary/aromatic N) is 1. The summed E-state index contributed by atoms with van der Waals surface area (Å²) in [7, 11) is 0. The first-order chi connectivity index (χ1) is 18.8. The molecule has 6 N–H and O–H groups in total. The average molecular weight is 566 g/mol. The Hall–Kier alpha value is -4.33. The molecule has 3 rings (SSSR count). The van der Waals surface area contributed by atoms with Gasteiger partial charge in [0, 0.05) is 23.9 Å². The van der Waals surface area contributed by atoms with Crippen molar-refractivity contribution in [3.05, 3.63) is 58.7 Å². The van der Waals surface area contributed by atoms with Crippen LogP contribution in [0.1, 0.15) is 46.4 Å². The average Bonchev–Trinajstić information content (AvgIpc) is 2.87. The third kappa shape index (κ3) is 8.86. The third-order valence-electron chi connectivity index (χ3n) is 5.66. The van der Waals surface area contributed by atoms with Gasteiger partial charge in [-0.2, -0.15) is 13.2 Å². The van der Waals surface area contributed by atoms with Gasteiger partial charge in [0.15, 0.2) is 5.96 Å². The van der Waals surface area contributed by atoms with Gasteiger partial charge in [-0.15, -0.1) is 0 Å². The van der Waals surface area contributed by atoms with Gasteiger partial charge in [-0.25, -0.2) is 0 Å². The number of rotatable bonds is 9. The summed E-state index contributed by atoms with van der Waals surface area (Å²) >= 11 is 0. The molecule has 2 amide bonds. The monoisotopic (exact) mass is 565 g/mol. The van der Waals surface area contributed by atoms with E-state index in [1.165, 1.54) is 31.2 Å². The Morgan fingerprint density at radius 1 is 1.18 bits per heavy atom. The molecule has 0 bridgehead atoms. The van der Waals surface area contributed by atoms with E-state index in [1.54, 1.807) is 6.92 Å². The molecule has 1 aliphatic rings. The topological polar surface area (TPSA) is 161 Å². The van der Waals surface area contributed by atoms with E-state index in [0.29, 0.717) is 11.6 Å². The van der Waals surface area contributed by atoms with Crippen LogP contribution in [0, 0.1) is 6.92 Å². The quantitative estimate of drug-likeness (QED) is 0.252. The molecule has 14 heteroatoms. The number of ether oxygens (including phenoxy) is 1. The highest BCUT2D eigenvalue weighted by atomic mass is 19.4. The number of β-amino-alcohol motifs (C(OH)–C–C–N with tert-alkyl or cyclic N) is 1. The molecule has 1 aliphatic heterocycles. The SMILES string of the molecule is CCOC(=O)C[C@H](NC(=O)CNC(=O)c1cc(O)cc(NC2=NCC(O)CN2)c1)c1cc(C)cc(C(F)(F)F)c1. The third-order valence-corrected chi connectivity index (χ3v) is 5.66. The van der Waals surface area contributed by atoms with Crippen LogP contribution in [0.3, 0.4) is 0 Å². The molecule has 2 atom stereocenters. The van der Waals surface area contributed by atoms with Gasteiger partial charge in [0.05, 0.1) is 43.8 Å². The van der Waals surface area contributed by atoms with Crippen molar-refractivity contribution >= 4 is 29.4 Å². The van der Waals surface area contributed by atoms with Crippen LogP contribution in [0.5, 0.6) is 5.75 Å². The number of carbonyl (C=O) groups excluding carboxylic acids is 3. The summed E-state index contributed by atoms with van der Waals surface area (Å²) in [6, 6.07) is 5.99. The van der Waals surface area contributed by atoms with Crippen molar-refractivity contribution in [1.29, 1.82) is 0 Å². The number of carbonyl (C=O) groups is 3. The van der Waals surface area contributed by atoms with E-state index < -0.39 is 54.6 Å².